The molecule has 36 heavy (non-hydrogen) atoms. The van der Waals surface area contributed by atoms with Gasteiger partial charge in [-0.15, -0.1) is 0 Å². The number of nitrogens with one attached hydrogen (secondary N) is 2. The van der Waals surface area contributed by atoms with Gasteiger partial charge in [-0.2, -0.15) is 8.62 Å². The third kappa shape index (κ3) is 9.40. The molecule has 0 bridgehead atoms. The van der Waals surface area contributed by atoms with Crippen LogP contribution in [-0.2, 0) is 36.3 Å². The average Bonchev–Trinajstić information content (AvgIpc) is 3.08. The molecule has 18 nitrogen and oxygen atoms in total. The molecule has 0 aliphatic carbocycles. The van der Waals surface area contributed by atoms with Crippen LogP contribution in [0.1, 0.15) is 25.1 Å². The van der Waals surface area contributed by atoms with Gasteiger partial charge in [-0.05, 0) is 12.3 Å². The van der Waals surface area contributed by atoms with E-state index in [1.165, 1.54) is 0 Å². The molecule has 0 aromatic carbocycles. The summed E-state index contributed by atoms with van der Waals surface area (Å²) < 4.78 is 56.8. The van der Waals surface area contributed by atoms with Crippen LogP contribution < -0.4 is 16.6 Å². The number of aromatic nitrogens is 2. The zero-order valence-corrected chi connectivity index (χ0v) is 21.2. The first kappa shape index (κ1) is 30.1. The summed E-state index contributed by atoms with van der Waals surface area (Å²) in [6, 6.07) is 0. The van der Waals surface area contributed by atoms with E-state index in [0.29, 0.717) is 0 Å². The summed E-state index contributed by atoms with van der Waals surface area (Å²) in [6.45, 7) is 0.775. The number of nitrogens with zero attached hydrogens (tertiary/aromatic N) is 1. The number of alkyl carbamates (subject to hydrolysis) is 1. The summed E-state index contributed by atoms with van der Waals surface area (Å²) in [5.41, 5.74) is -1.77. The standard InChI is InChI=1S/C15H22N3O15P3/c1-9-6-12(18-7-10(13(19)17-14(18)20)4-3-5-16-15(21)29-2)31-11(9)8-30-35(25,26)33-36(27,28)32-34(22,23)24/h7,9,11-12H,5-6,8H2,1-2H3,(H,16,21)(H,25,26)(H,27,28)(H,17,19,20)(H2,22,23,24)/t9?,11-,12-/m1/s1. The number of methoxy groups -OCH3 is 1. The Hall–Kier alpha value is -2.12. The Bertz CT molecular complexity index is 1290. The number of phosphoric ester groups is 1. The lowest BCUT2D eigenvalue weighted by molar-refractivity contribution is -0.0308. The predicted octanol–water partition coefficient (Wildman–Crippen LogP) is -0.489. The Morgan fingerprint density at radius 2 is 1.89 bits per heavy atom. The second-order valence-corrected chi connectivity index (χ2v) is 11.5. The first-order chi connectivity index (χ1) is 16.5. The van der Waals surface area contributed by atoms with Crippen molar-refractivity contribution < 1.29 is 60.7 Å². The SMILES string of the molecule is COC(=O)NCC#Cc1cn([C@H]2CC(C)[C@@H](COP(=O)(O)OP(=O)(O)OP(=O)(O)O)O2)c(=O)[nH]c1=O. The van der Waals surface area contributed by atoms with Gasteiger partial charge in [0.05, 0.1) is 26.4 Å². The van der Waals surface area contributed by atoms with E-state index in [9.17, 15) is 37.9 Å². The number of ether oxygens (including phenoxy) is 2. The molecule has 1 aliphatic rings. The third-order valence-electron chi connectivity index (χ3n) is 4.37. The van der Waals surface area contributed by atoms with E-state index >= 15 is 0 Å². The summed E-state index contributed by atoms with van der Waals surface area (Å²) in [7, 11) is -15.4. The second kappa shape index (κ2) is 12.0. The van der Waals surface area contributed by atoms with Gasteiger partial charge < -0.3 is 34.4 Å². The Labute approximate surface area is 202 Å². The zero-order chi connectivity index (χ0) is 27.3. The summed E-state index contributed by atoms with van der Waals surface area (Å²) in [4.78, 5) is 73.2. The normalized spacial score (nSPS) is 23.1. The first-order valence-corrected chi connectivity index (χ1v) is 14.1. The average molecular weight is 577 g/mol. The van der Waals surface area contributed by atoms with Gasteiger partial charge in [-0.3, -0.25) is 18.9 Å². The van der Waals surface area contributed by atoms with E-state index in [0.717, 1.165) is 17.9 Å². The first-order valence-electron chi connectivity index (χ1n) is 9.62. The molecule has 2 heterocycles. The fourth-order valence-electron chi connectivity index (χ4n) is 2.83. The second-order valence-electron chi connectivity index (χ2n) is 7.09. The molecule has 1 aromatic rings. The molecule has 1 saturated heterocycles. The van der Waals surface area contributed by atoms with Gasteiger partial charge >= 0.3 is 35.3 Å². The minimum Gasteiger partial charge on any atom is -0.453 e. The van der Waals surface area contributed by atoms with Crippen molar-refractivity contribution in [1.29, 1.82) is 0 Å². The van der Waals surface area contributed by atoms with Gasteiger partial charge in [0, 0.05) is 6.20 Å². The minimum absolute atomic E-state index is 0.130. The van der Waals surface area contributed by atoms with Crippen molar-refractivity contribution >= 4 is 29.6 Å². The van der Waals surface area contributed by atoms with Gasteiger partial charge in [0.15, 0.2) is 0 Å². The fourth-order valence-corrected chi connectivity index (χ4v) is 5.86. The van der Waals surface area contributed by atoms with Crippen LogP contribution in [0.25, 0.3) is 0 Å². The summed E-state index contributed by atoms with van der Waals surface area (Å²) in [5.74, 6) is 4.56. The monoisotopic (exact) mass is 577 g/mol. The topological polar surface area (TPSA) is 262 Å². The number of hydrogen-bond donors (Lipinski definition) is 6. The molecule has 1 aliphatic heterocycles. The van der Waals surface area contributed by atoms with Crippen LogP contribution in [0.3, 0.4) is 0 Å². The zero-order valence-electron chi connectivity index (χ0n) is 18.5. The Morgan fingerprint density at radius 3 is 2.50 bits per heavy atom. The molecule has 1 amide bonds. The molecule has 202 valence electrons. The smallest absolute Gasteiger partial charge is 0.453 e. The fraction of sp³-hybridized carbons (Fsp3) is 0.533. The maximum atomic E-state index is 12.3. The number of hydrogen-bond acceptors (Lipinski definition) is 11. The van der Waals surface area contributed by atoms with Crippen LogP contribution in [0.2, 0.25) is 0 Å². The lowest BCUT2D eigenvalue weighted by atomic mass is 10.0. The van der Waals surface area contributed by atoms with Crippen molar-refractivity contribution in [2.75, 3.05) is 20.3 Å². The number of aromatic amines is 1. The predicted molar refractivity (Wildman–Crippen MR) is 116 cm³/mol. The van der Waals surface area contributed by atoms with E-state index < -0.39 is 65.7 Å². The number of carbonyl (C=O) groups is 1. The number of rotatable bonds is 9. The van der Waals surface area contributed by atoms with Crippen molar-refractivity contribution in [3.63, 3.8) is 0 Å². The molecule has 2 rings (SSSR count). The van der Waals surface area contributed by atoms with Crippen LogP contribution in [0.15, 0.2) is 15.8 Å². The Balaban J connectivity index is 2.08. The number of carbonyl (C=O) groups excluding carboxylic acids is 1. The molecule has 3 unspecified atom stereocenters. The maximum Gasteiger partial charge on any atom is 0.490 e. The summed E-state index contributed by atoms with van der Waals surface area (Å²) in [6.07, 6.45) is -1.40. The molecule has 0 spiro atoms. The quantitative estimate of drug-likeness (QED) is 0.160. The maximum absolute atomic E-state index is 12.3. The van der Waals surface area contributed by atoms with Crippen molar-refractivity contribution in [2.45, 2.75) is 25.7 Å². The molecule has 5 atom stereocenters. The van der Waals surface area contributed by atoms with Crippen molar-refractivity contribution in [1.82, 2.24) is 14.9 Å². The molecule has 0 saturated carbocycles. The molecule has 1 aromatic heterocycles. The highest BCUT2D eigenvalue weighted by Crippen LogP contribution is 2.66. The van der Waals surface area contributed by atoms with Crippen molar-refractivity contribution in [3.8, 4) is 11.8 Å². The highest BCUT2D eigenvalue weighted by molar-refractivity contribution is 7.66. The van der Waals surface area contributed by atoms with Gasteiger partial charge in [-0.25, -0.2) is 23.3 Å². The third-order valence-corrected chi connectivity index (χ3v) is 8.17. The van der Waals surface area contributed by atoms with E-state index in [2.05, 4.69) is 40.0 Å². The van der Waals surface area contributed by atoms with Crippen LogP contribution in [0, 0.1) is 17.8 Å². The summed E-state index contributed by atoms with van der Waals surface area (Å²) in [5, 5.41) is 2.28. The van der Waals surface area contributed by atoms with E-state index in [1.54, 1.807) is 6.92 Å². The van der Waals surface area contributed by atoms with Gasteiger partial charge in [0.1, 0.15) is 11.8 Å². The lowest BCUT2D eigenvalue weighted by Gasteiger charge is -2.20. The highest BCUT2D eigenvalue weighted by atomic mass is 31.3. The van der Waals surface area contributed by atoms with E-state index in [-0.39, 0.29) is 18.5 Å². The van der Waals surface area contributed by atoms with Gasteiger partial charge in [-0.1, -0.05) is 18.8 Å². The molecule has 1 fully saturated rings. The number of phosphoric acid groups is 3. The Morgan fingerprint density at radius 1 is 1.22 bits per heavy atom. The minimum atomic E-state index is -5.67. The largest absolute Gasteiger partial charge is 0.490 e. The number of H-pyrrole nitrogens is 1. The molecular weight excluding hydrogens is 555 g/mol. The number of amides is 1. The van der Waals surface area contributed by atoms with Crippen molar-refractivity contribution in [3.05, 3.63) is 32.6 Å². The van der Waals surface area contributed by atoms with Crippen molar-refractivity contribution in [2.24, 2.45) is 5.92 Å². The molecular formula is C15H22N3O15P3. The molecule has 6 N–H and O–H groups in total. The highest BCUT2D eigenvalue weighted by Gasteiger charge is 2.42. The van der Waals surface area contributed by atoms with Crippen LogP contribution in [0.4, 0.5) is 4.79 Å². The van der Waals surface area contributed by atoms with Crippen LogP contribution in [0.5, 0.6) is 0 Å². The van der Waals surface area contributed by atoms with Crippen LogP contribution >= 0.6 is 23.5 Å². The van der Waals surface area contributed by atoms with Crippen LogP contribution in [-0.4, -0.2) is 61.6 Å². The van der Waals surface area contributed by atoms with E-state index in [1.807, 2.05) is 0 Å². The molecule has 0 radical (unpaired) electrons. The van der Waals surface area contributed by atoms with Gasteiger partial charge in [0.25, 0.3) is 5.56 Å². The van der Waals surface area contributed by atoms with E-state index in [4.69, 9.17) is 14.5 Å². The molecule has 21 heteroatoms. The lowest BCUT2D eigenvalue weighted by Crippen LogP contribution is -2.33. The Kier molecular flexibility index (Phi) is 9.99. The van der Waals surface area contributed by atoms with Gasteiger partial charge in [0.2, 0.25) is 0 Å². The summed E-state index contributed by atoms with van der Waals surface area (Å²) >= 11 is 0.